The number of nitrogens with zero attached hydrogens (tertiary/aromatic N) is 2. The third-order valence-electron chi connectivity index (χ3n) is 6.09. The van der Waals surface area contributed by atoms with Crippen molar-refractivity contribution < 1.29 is 18.0 Å². The number of benzene rings is 2. The van der Waals surface area contributed by atoms with Crippen LogP contribution in [0.1, 0.15) is 66.4 Å². The van der Waals surface area contributed by atoms with Gasteiger partial charge in [0.15, 0.2) is 5.69 Å². The number of thiazole rings is 1. The highest BCUT2D eigenvalue weighted by molar-refractivity contribution is 7.14. The fraction of sp³-hybridized carbons (Fsp3) is 0.407. The molecule has 4 rings (SSSR count). The van der Waals surface area contributed by atoms with Gasteiger partial charge in [0.2, 0.25) is 0 Å². The predicted molar refractivity (Wildman–Crippen MR) is 134 cm³/mol. The van der Waals surface area contributed by atoms with Crippen LogP contribution in [0.5, 0.6) is 0 Å². The molecule has 35 heavy (non-hydrogen) atoms. The molecule has 1 aliphatic rings. The van der Waals surface area contributed by atoms with Crippen LogP contribution in [0.2, 0.25) is 0 Å². The van der Waals surface area contributed by atoms with Crippen LogP contribution in [0.4, 0.5) is 18.2 Å². The van der Waals surface area contributed by atoms with Crippen LogP contribution in [0.25, 0.3) is 0 Å². The molecule has 2 aromatic carbocycles. The average molecular weight is 502 g/mol. The molecule has 3 aromatic rings. The molecule has 1 heterocycles. The number of anilines is 1. The van der Waals surface area contributed by atoms with Gasteiger partial charge in [-0.2, -0.15) is 13.2 Å². The van der Waals surface area contributed by atoms with E-state index in [9.17, 15) is 18.0 Å². The number of carbonyl (C=O) groups is 1. The van der Waals surface area contributed by atoms with Gasteiger partial charge in [-0.05, 0) is 47.4 Å². The van der Waals surface area contributed by atoms with Gasteiger partial charge >= 0.3 is 6.18 Å². The molecule has 186 valence electrons. The molecule has 0 bridgehead atoms. The van der Waals surface area contributed by atoms with E-state index in [1.807, 2.05) is 12.1 Å². The molecule has 1 amide bonds. The zero-order chi connectivity index (χ0) is 25.2. The van der Waals surface area contributed by atoms with Crippen LogP contribution in [0, 0.1) is 0 Å². The van der Waals surface area contributed by atoms with Crippen molar-refractivity contribution in [2.45, 2.75) is 64.2 Å². The Morgan fingerprint density at radius 1 is 1.06 bits per heavy atom. The first kappa shape index (κ1) is 25.2. The van der Waals surface area contributed by atoms with Crippen LogP contribution in [0.3, 0.4) is 0 Å². The maximum atomic E-state index is 13.6. The molecule has 0 radical (unpaired) electrons. The summed E-state index contributed by atoms with van der Waals surface area (Å²) in [6.45, 7) is 7.06. The Morgan fingerprint density at radius 3 is 2.40 bits per heavy atom. The van der Waals surface area contributed by atoms with Crippen molar-refractivity contribution in [3.05, 3.63) is 82.0 Å². The van der Waals surface area contributed by atoms with Crippen molar-refractivity contribution >= 4 is 22.2 Å². The van der Waals surface area contributed by atoms with Crippen LogP contribution in [0.15, 0.2) is 54.0 Å². The zero-order valence-electron chi connectivity index (χ0n) is 20.2. The molecular formula is C27H30F3N3OS. The molecule has 1 aromatic heterocycles. The molecule has 1 N–H and O–H groups in total. The summed E-state index contributed by atoms with van der Waals surface area (Å²) < 4.78 is 39.5. The van der Waals surface area contributed by atoms with Gasteiger partial charge in [-0.1, -0.05) is 63.2 Å². The van der Waals surface area contributed by atoms with E-state index >= 15 is 0 Å². The second-order valence-corrected chi connectivity index (χ2v) is 10.9. The highest BCUT2D eigenvalue weighted by Gasteiger charge is 2.31. The molecule has 0 aliphatic heterocycles. The minimum absolute atomic E-state index is 0.0154. The fourth-order valence-electron chi connectivity index (χ4n) is 3.81. The average Bonchev–Trinajstić information content (AvgIpc) is 3.50. The Balaban J connectivity index is 1.55. The Labute approximate surface area is 208 Å². The lowest BCUT2D eigenvalue weighted by atomic mass is 9.87. The number of aromatic nitrogens is 1. The van der Waals surface area contributed by atoms with Crippen molar-refractivity contribution in [3.63, 3.8) is 0 Å². The van der Waals surface area contributed by atoms with Crippen molar-refractivity contribution in [2.24, 2.45) is 0 Å². The van der Waals surface area contributed by atoms with Gasteiger partial charge in [-0.25, -0.2) is 4.98 Å². The van der Waals surface area contributed by atoms with E-state index in [-0.39, 0.29) is 17.9 Å². The van der Waals surface area contributed by atoms with E-state index in [1.54, 1.807) is 16.5 Å². The Hall–Kier alpha value is -2.87. The van der Waals surface area contributed by atoms with E-state index in [0.717, 1.165) is 35.5 Å². The summed E-state index contributed by atoms with van der Waals surface area (Å²) in [7, 11) is 0. The predicted octanol–water partition coefficient (Wildman–Crippen LogP) is 6.92. The monoisotopic (exact) mass is 501 g/mol. The largest absolute Gasteiger partial charge is 0.416 e. The number of rotatable bonds is 8. The summed E-state index contributed by atoms with van der Waals surface area (Å²) >= 11 is 1.40. The molecular weight excluding hydrogens is 471 g/mol. The molecule has 1 saturated carbocycles. The van der Waals surface area contributed by atoms with Gasteiger partial charge in [-0.3, -0.25) is 4.79 Å². The summed E-state index contributed by atoms with van der Waals surface area (Å²) in [6, 6.07) is 13.8. The Bertz CT molecular complexity index is 1160. The maximum absolute atomic E-state index is 13.6. The van der Waals surface area contributed by atoms with Gasteiger partial charge in [0.25, 0.3) is 5.91 Å². The van der Waals surface area contributed by atoms with Gasteiger partial charge in [0, 0.05) is 19.1 Å². The summed E-state index contributed by atoms with van der Waals surface area (Å²) in [4.78, 5) is 19.6. The van der Waals surface area contributed by atoms with Crippen molar-refractivity contribution in [1.29, 1.82) is 0 Å². The lowest BCUT2D eigenvalue weighted by Crippen LogP contribution is -2.33. The first-order chi connectivity index (χ1) is 16.5. The molecule has 0 unspecified atom stereocenters. The molecule has 1 fully saturated rings. The number of amides is 1. The number of halogens is 3. The van der Waals surface area contributed by atoms with E-state index < -0.39 is 11.7 Å². The number of hydrogen-bond donors (Lipinski definition) is 1. The Morgan fingerprint density at radius 2 is 1.77 bits per heavy atom. The van der Waals surface area contributed by atoms with E-state index in [2.05, 4.69) is 43.2 Å². The topological polar surface area (TPSA) is 45.2 Å². The minimum atomic E-state index is -4.40. The van der Waals surface area contributed by atoms with Crippen molar-refractivity contribution in [1.82, 2.24) is 9.88 Å². The van der Waals surface area contributed by atoms with Crippen LogP contribution >= 0.6 is 11.3 Å². The van der Waals surface area contributed by atoms with E-state index in [1.165, 1.54) is 23.0 Å². The first-order valence-electron chi connectivity index (χ1n) is 11.8. The smallest absolute Gasteiger partial charge is 0.372 e. The molecule has 4 nitrogen and oxygen atoms in total. The van der Waals surface area contributed by atoms with Gasteiger partial charge in [0.05, 0.1) is 11.1 Å². The van der Waals surface area contributed by atoms with E-state index in [4.69, 9.17) is 0 Å². The number of alkyl halides is 3. The van der Waals surface area contributed by atoms with Crippen LogP contribution in [-0.4, -0.2) is 28.4 Å². The summed E-state index contributed by atoms with van der Waals surface area (Å²) in [5.74, 6) is -0.221. The standard InChI is InChI=1S/C27H30F3N3OS/c1-26(2,3)20-9-7-19(8-10-20)16-33(14-13-18-5-4-6-21(15-18)27(28,29)30)25(34)23-24(35-17-31-23)32-22-11-12-22/h4-10,15,17,22,32H,11-14,16H2,1-3H3. The highest BCUT2D eigenvalue weighted by Crippen LogP contribution is 2.31. The first-order valence-corrected chi connectivity index (χ1v) is 12.6. The summed E-state index contributed by atoms with van der Waals surface area (Å²) in [5.41, 5.74) is 4.05. The maximum Gasteiger partial charge on any atom is 0.416 e. The third-order valence-corrected chi connectivity index (χ3v) is 6.85. The lowest BCUT2D eigenvalue weighted by Gasteiger charge is -2.24. The van der Waals surface area contributed by atoms with Gasteiger partial charge < -0.3 is 10.2 Å². The number of hydrogen-bond acceptors (Lipinski definition) is 4. The molecule has 0 atom stereocenters. The normalized spacial score (nSPS) is 14.1. The third kappa shape index (κ3) is 6.63. The Kier molecular flexibility index (Phi) is 7.22. The highest BCUT2D eigenvalue weighted by atomic mass is 32.1. The van der Waals surface area contributed by atoms with Gasteiger partial charge in [0.1, 0.15) is 5.00 Å². The van der Waals surface area contributed by atoms with Gasteiger partial charge in [-0.15, -0.1) is 11.3 Å². The summed E-state index contributed by atoms with van der Waals surface area (Å²) in [5, 5.41) is 4.12. The van der Waals surface area contributed by atoms with Crippen LogP contribution in [-0.2, 0) is 24.6 Å². The van der Waals surface area contributed by atoms with Crippen LogP contribution < -0.4 is 5.32 Å². The lowest BCUT2D eigenvalue weighted by molar-refractivity contribution is -0.137. The molecule has 0 saturated heterocycles. The number of nitrogens with one attached hydrogen (secondary N) is 1. The minimum Gasteiger partial charge on any atom is -0.372 e. The second-order valence-electron chi connectivity index (χ2n) is 10.1. The van der Waals surface area contributed by atoms with Crippen molar-refractivity contribution in [2.75, 3.05) is 11.9 Å². The zero-order valence-corrected chi connectivity index (χ0v) is 21.0. The molecule has 8 heteroatoms. The summed E-state index contributed by atoms with van der Waals surface area (Å²) in [6.07, 6.45) is -1.94. The van der Waals surface area contributed by atoms with E-state index in [0.29, 0.717) is 30.3 Å². The molecule has 1 aliphatic carbocycles. The fourth-order valence-corrected chi connectivity index (χ4v) is 4.56. The quantitative estimate of drug-likeness (QED) is 0.364. The molecule has 0 spiro atoms. The SMILES string of the molecule is CC(C)(C)c1ccc(CN(CCc2cccc(C(F)(F)F)c2)C(=O)c2ncsc2NC2CC2)cc1. The number of carbonyl (C=O) groups excluding carboxylic acids is 1. The van der Waals surface area contributed by atoms with Crippen molar-refractivity contribution in [3.8, 4) is 0 Å². The second kappa shape index (κ2) is 10.0.